The predicted molar refractivity (Wildman–Crippen MR) is 113 cm³/mol. The van der Waals surface area contributed by atoms with Crippen molar-refractivity contribution < 1.29 is 27.8 Å². The van der Waals surface area contributed by atoms with Gasteiger partial charge in [0.2, 0.25) is 0 Å². The Bertz CT molecular complexity index is 1220. The first-order valence-corrected chi connectivity index (χ1v) is 10.5. The molecular weight excluding hydrogens is 416 g/mol. The van der Waals surface area contributed by atoms with Gasteiger partial charge in [0.15, 0.2) is 17.3 Å². The van der Waals surface area contributed by atoms with Gasteiger partial charge < -0.3 is 9.47 Å². The van der Waals surface area contributed by atoms with E-state index in [2.05, 4.69) is 9.47 Å². The number of allylic oxidation sites excluding steroid dienone is 4. The van der Waals surface area contributed by atoms with Crippen molar-refractivity contribution in [3.05, 3.63) is 70.6 Å². The molecule has 1 aliphatic heterocycles. The summed E-state index contributed by atoms with van der Waals surface area (Å²) in [5, 5.41) is 0. The standard InChI is InChI=1S/C25H21F2NO4/c1-14-3-5-17(28-23(14)19-7-6-18(29)11-15(19)2)13-22(30)24(9-10-24)16-4-8-20-21(12-16)32-25(26,27)31-20/h3-8,12H,9-11,13H2,1-2H3. The van der Waals surface area contributed by atoms with Crippen molar-refractivity contribution in [3.63, 3.8) is 0 Å². The van der Waals surface area contributed by atoms with E-state index in [-0.39, 0.29) is 29.5 Å². The molecule has 1 aromatic carbocycles. The number of ketones is 2. The van der Waals surface area contributed by atoms with Crippen LogP contribution in [0, 0.1) is 6.92 Å². The lowest BCUT2D eigenvalue weighted by Crippen LogP contribution is -2.26. The number of rotatable bonds is 5. The molecule has 0 unspecified atom stereocenters. The van der Waals surface area contributed by atoms with E-state index >= 15 is 0 Å². The van der Waals surface area contributed by atoms with E-state index in [1.54, 1.807) is 18.2 Å². The SMILES string of the molecule is CC1=C(c2nc(CC(=O)C3(c4ccc5c(c4)OC(F)(F)O5)CC3)ccc2C)C=CC(=O)C1. The molecule has 0 spiro atoms. The molecule has 0 saturated heterocycles. The Hall–Kier alpha value is -3.35. The molecule has 5 nitrogen and oxygen atoms in total. The first-order chi connectivity index (χ1) is 15.2. The van der Waals surface area contributed by atoms with Gasteiger partial charge >= 0.3 is 6.29 Å². The maximum absolute atomic E-state index is 13.4. The number of hydrogen-bond donors (Lipinski definition) is 0. The number of aromatic nitrogens is 1. The van der Waals surface area contributed by atoms with E-state index in [9.17, 15) is 18.4 Å². The lowest BCUT2D eigenvalue weighted by molar-refractivity contribution is -0.286. The van der Waals surface area contributed by atoms with E-state index in [0.29, 0.717) is 30.5 Å². The quantitative estimate of drug-likeness (QED) is 0.669. The molecule has 0 bridgehead atoms. The van der Waals surface area contributed by atoms with Crippen LogP contribution in [0.3, 0.4) is 0 Å². The molecule has 3 aliphatic rings. The van der Waals surface area contributed by atoms with E-state index in [1.165, 1.54) is 12.1 Å². The highest BCUT2D eigenvalue weighted by molar-refractivity contribution is 5.99. The van der Waals surface area contributed by atoms with Crippen molar-refractivity contribution in [2.75, 3.05) is 0 Å². The fourth-order valence-corrected chi connectivity index (χ4v) is 4.39. The molecule has 0 amide bonds. The van der Waals surface area contributed by atoms with Crippen LogP contribution >= 0.6 is 0 Å². The number of hydrogen-bond acceptors (Lipinski definition) is 5. The second-order valence-electron chi connectivity index (χ2n) is 8.65. The van der Waals surface area contributed by atoms with Crippen LogP contribution in [-0.4, -0.2) is 22.8 Å². The number of Topliss-reactive ketones (excluding diaryl/α,β-unsaturated/α-hetero) is 1. The first-order valence-electron chi connectivity index (χ1n) is 10.5. The molecule has 1 fully saturated rings. The highest BCUT2D eigenvalue weighted by atomic mass is 19.3. The second-order valence-corrected chi connectivity index (χ2v) is 8.65. The maximum atomic E-state index is 13.4. The minimum atomic E-state index is -3.69. The number of nitrogens with zero attached hydrogens (tertiary/aromatic N) is 1. The molecule has 7 heteroatoms. The minimum absolute atomic E-state index is 0.00880. The number of carbonyl (C=O) groups excluding carboxylic acids is 2. The zero-order chi connectivity index (χ0) is 22.7. The van der Waals surface area contributed by atoms with E-state index in [4.69, 9.17) is 4.98 Å². The van der Waals surface area contributed by atoms with Crippen molar-refractivity contribution in [1.29, 1.82) is 0 Å². The van der Waals surface area contributed by atoms with Gasteiger partial charge in [0, 0.05) is 18.5 Å². The van der Waals surface area contributed by atoms with Gasteiger partial charge in [0.25, 0.3) is 0 Å². The smallest absolute Gasteiger partial charge is 0.395 e. The van der Waals surface area contributed by atoms with Crippen molar-refractivity contribution in [2.45, 2.75) is 51.2 Å². The highest BCUT2D eigenvalue weighted by Gasteiger charge is 2.52. The summed E-state index contributed by atoms with van der Waals surface area (Å²) in [4.78, 5) is 29.7. The fraction of sp³-hybridized carbons (Fsp3) is 0.320. The molecule has 5 rings (SSSR count). The molecular formula is C25H21F2NO4. The summed E-state index contributed by atoms with van der Waals surface area (Å²) in [6.45, 7) is 3.86. The lowest BCUT2D eigenvalue weighted by atomic mass is 9.88. The summed E-state index contributed by atoms with van der Waals surface area (Å²) in [5.74, 6) is -0.0317. The van der Waals surface area contributed by atoms with Gasteiger partial charge in [-0.15, -0.1) is 8.78 Å². The Morgan fingerprint density at radius 3 is 2.53 bits per heavy atom. The summed E-state index contributed by atoms with van der Waals surface area (Å²) in [6.07, 6.45) is 1.45. The van der Waals surface area contributed by atoms with Crippen molar-refractivity contribution in [1.82, 2.24) is 4.98 Å². The minimum Gasteiger partial charge on any atom is -0.395 e. The summed E-state index contributed by atoms with van der Waals surface area (Å²) >= 11 is 0. The molecule has 2 aliphatic carbocycles. The number of ether oxygens (including phenoxy) is 2. The number of fused-ring (bicyclic) bond motifs is 1. The van der Waals surface area contributed by atoms with Gasteiger partial charge in [-0.05, 0) is 73.7 Å². The van der Waals surface area contributed by atoms with Crippen molar-refractivity contribution >= 4 is 17.1 Å². The third kappa shape index (κ3) is 3.51. The molecule has 0 radical (unpaired) electrons. The van der Waals surface area contributed by atoms with Gasteiger partial charge in [-0.3, -0.25) is 14.6 Å². The normalized spacial score (nSPS) is 19.9. The Kier molecular flexibility index (Phi) is 4.55. The summed E-state index contributed by atoms with van der Waals surface area (Å²) in [6, 6.07) is 8.32. The molecule has 1 aromatic heterocycles. The van der Waals surface area contributed by atoms with Crippen LogP contribution in [0.5, 0.6) is 11.5 Å². The van der Waals surface area contributed by atoms with Crippen molar-refractivity contribution in [3.8, 4) is 11.5 Å². The largest absolute Gasteiger partial charge is 0.586 e. The van der Waals surface area contributed by atoms with E-state index in [0.717, 1.165) is 22.4 Å². The van der Waals surface area contributed by atoms with Crippen LogP contribution in [-0.2, 0) is 21.4 Å². The van der Waals surface area contributed by atoms with Crippen LogP contribution in [0.2, 0.25) is 0 Å². The van der Waals surface area contributed by atoms with Crippen LogP contribution in [0.25, 0.3) is 5.57 Å². The Morgan fingerprint density at radius 2 is 1.81 bits per heavy atom. The maximum Gasteiger partial charge on any atom is 0.586 e. The third-order valence-electron chi connectivity index (χ3n) is 6.32. The Morgan fingerprint density at radius 1 is 1.06 bits per heavy atom. The average Bonchev–Trinajstić information content (AvgIpc) is 3.47. The molecule has 32 heavy (non-hydrogen) atoms. The van der Waals surface area contributed by atoms with E-state index < -0.39 is 11.7 Å². The highest BCUT2D eigenvalue weighted by Crippen LogP contribution is 2.52. The predicted octanol–water partition coefficient (Wildman–Crippen LogP) is 4.86. The average molecular weight is 437 g/mol. The summed E-state index contributed by atoms with van der Waals surface area (Å²) in [7, 11) is 0. The monoisotopic (exact) mass is 437 g/mol. The molecule has 0 atom stereocenters. The molecule has 164 valence electrons. The molecule has 0 N–H and O–H groups in total. The lowest BCUT2D eigenvalue weighted by Gasteiger charge is -2.17. The zero-order valence-corrected chi connectivity index (χ0v) is 17.7. The summed E-state index contributed by atoms with van der Waals surface area (Å²) in [5.41, 5.74) is 4.18. The van der Waals surface area contributed by atoms with Crippen LogP contribution in [0.15, 0.2) is 48.1 Å². The Balaban J connectivity index is 1.40. The van der Waals surface area contributed by atoms with Gasteiger partial charge in [-0.25, -0.2) is 0 Å². The number of alkyl halides is 2. The topological polar surface area (TPSA) is 65.5 Å². The zero-order valence-electron chi connectivity index (χ0n) is 17.7. The molecule has 2 heterocycles. The number of carbonyl (C=O) groups is 2. The second kappa shape index (κ2) is 7.08. The number of benzene rings is 1. The summed E-state index contributed by atoms with van der Waals surface area (Å²) < 4.78 is 35.7. The van der Waals surface area contributed by atoms with Crippen molar-refractivity contribution in [2.24, 2.45) is 0 Å². The molecule has 1 saturated carbocycles. The first kappa shape index (κ1) is 20.5. The van der Waals surface area contributed by atoms with Gasteiger partial charge in [0.1, 0.15) is 5.78 Å². The van der Waals surface area contributed by atoms with Crippen LogP contribution in [0.4, 0.5) is 8.78 Å². The fourth-order valence-electron chi connectivity index (χ4n) is 4.39. The van der Waals surface area contributed by atoms with Gasteiger partial charge in [-0.1, -0.05) is 17.7 Å². The number of pyridine rings is 1. The number of halogens is 2. The van der Waals surface area contributed by atoms with Crippen LogP contribution < -0.4 is 9.47 Å². The van der Waals surface area contributed by atoms with Gasteiger partial charge in [0.05, 0.1) is 11.1 Å². The van der Waals surface area contributed by atoms with Crippen LogP contribution in [0.1, 0.15) is 48.7 Å². The third-order valence-corrected chi connectivity index (χ3v) is 6.32. The molecule has 2 aromatic rings. The van der Waals surface area contributed by atoms with Gasteiger partial charge in [-0.2, -0.15) is 0 Å². The Labute approximate surface area is 183 Å². The number of aryl methyl sites for hydroxylation is 1. The van der Waals surface area contributed by atoms with E-state index in [1.807, 2.05) is 26.0 Å².